The van der Waals surface area contributed by atoms with Crippen LogP contribution in [0.5, 0.6) is 0 Å². The molecule has 0 aliphatic rings. The van der Waals surface area contributed by atoms with Crippen molar-refractivity contribution >= 4 is 55.6 Å². The topological polar surface area (TPSA) is 124 Å². The van der Waals surface area contributed by atoms with Crippen molar-refractivity contribution in [3.05, 3.63) is 93.9 Å². The predicted molar refractivity (Wildman–Crippen MR) is 147 cm³/mol. The number of hydrogen-bond acceptors (Lipinski definition) is 9. The number of carbonyl (C=O) groups is 2. The molecule has 0 aliphatic heterocycles. The minimum Gasteiger partial charge on any atom is -0.449 e. The summed E-state index contributed by atoms with van der Waals surface area (Å²) < 4.78 is 6.62. The number of aromatic nitrogens is 2. The summed E-state index contributed by atoms with van der Waals surface area (Å²) in [5.41, 5.74) is 2.79. The van der Waals surface area contributed by atoms with Crippen LogP contribution in [0.1, 0.15) is 23.7 Å². The third kappa shape index (κ3) is 5.29. The molecule has 1 atom stereocenters. The second kappa shape index (κ2) is 10.9. The van der Waals surface area contributed by atoms with Gasteiger partial charge in [-0.25, -0.2) is 14.8 Å². The normalized spacial score (nSPS) is 11.7. The van der Waals surface area contributed by atoms with Crippen molar-refractivity contribution in [3.63, 3.8) is 0 Å². The van der Waals surface area contributed by atoms with E-state index in [0.29, 0.717) is 32.5 Å². The van der Waals surface area contributed by atoms with Gasteiger partial charge in [0.25, 0.3) is 11.6 Å². The second-order valence-corrected chi connectivity index (χ2v) is 10.1. The highest BCUT2D eigenvalue weighted by molar-refractivity contribution is 7.21. The number of nitro groups is 1. The van der Waals surface area contributed by atoms with Crippen molar-refractivity contribution in [1.82, 2.24) is 9.97 Å². The fraction of sp³-hybridized carbons (Fsp3) is 0.111. The lowest BCUT2D eigenvalue weighted by atomic mass is 10.1. The largest absolute Gasteiger partial charge is 0.449 e. The number of nitrogens with zero attached hydrogens (tertiary/aromatic N) is 3. The van der Waals surface area contributed by atoms with Crippen molar-refractivity contribution in [2.24, 2.45) is 0 Å². The molecule has 190 valence electrons. The first-order valence-corrected chi connectivity index (χ1v) is 13.3. The monoisotopic (exact) mass is 544 g/mol. The van der Waals surface area contributed by atoms with Crippen LogP contribution in [0.15, 0.2) is 78.2 Å². The Balaban J connectivity index is 1.31. The van der Waals surface area contributed by atoms with Gasteiger partial charge < -0.3 is 4.74 Å². The Morgan fingerprint density at radius 2 is 1.84 bits per heavy atom. The molecule has 5 aromatic rings. The Morgan fingerprint density at radius 3 is 2.63 bits per heavy atom. The van der Waals surface area contributed by atoms with Gasteiger partial charge in [-0.1, -0.05) is 49.4 Å². The van der Waals surface area contributed by atoms with Crippen LogP contribution in [0.25, 0.3) is 32.0 Å². The summed E-state index contributed by atoms with van der Waals surface area (Å²) in [4.78, 5) is 45.7. The third-order valence-corrected chi connectivity index (χ3v) is 7.50. The Morgan fingerprint density at radius 1 is 1.05 bits per heavy atom. The van der Waals surface area contributed by atoms with Gasteiger partial charge in [0.15, 0.2) is 11.2 Å². The van der Waals surface area contributed by atoms with Gasteiger partial charge in [0.2, 0.25) is 0 Å². The number of rotatable bonds is 8. The van der Waals surface area contributed by atoms with Crippen LogP contribution in [0.4, 0.5) is 10.8 Å². The number of para-hydroxylation sites is 1. The molecular weight excluding hydrogens is 524 g/mol. The lowest BCUT2D eigenvalue weighted by Crippen LogP contribution is -2.32. The molecule has 9 nitrogen and oxygen atoms in total. The molecule has 0 radical (unpaired) electrons. The maximum atomic E-state index is 13.2. The quantitative estimate of drug-likeness (QED) is 0.133. The van der Waals surface area contributed by atoms with Crippen LogP contribution in [0, 0.1) is 10.1 Å². The molecule has 2 heterocycles. The number of amides is 1. The fourth-order valence-electron chi connectivity index (χ4n) is 3.78. The van der Waals surface area contributed by atoms with Crippen LogP contribution in [0.3, 0.4) is 0 Å². The van der Waals surface area contributed by atoms with Gasteiger partial charge in [-0.15, -0.1) is 22.7 Å². The van der Waals surface area contributed by atoms with Crippen LogP contribution in [-0.2, 0) is 9.53 Å². The van der Waals surface area contributed by atoms with Gasteiger partial charge in [-0.3, -0.25) is 20.2 Å². The Bertz CT molecular complexity index is 1630. The summed E-state index contributed by atoms with van der Waals surface area (Å²) >= 11 is 2.65. The highest BCUT2D eigenvalue weighted by Gasteiger charge is 2.25. The van der Waals surface area contributed by atoms with Crippen molar-refractivity contribution in [1.29, 1.82) is 0 Å². The average Bonchev–Trinajstić information content (AvgIpc) is 3.59. The number of esters is 1. The van der Waals surface area contributed by atoms with Crippen LogP contribution in [0.2, 0.25) is 0 Å². The molecule has 0 saturated heterocycles. The third-order valence-electron chi connectivity index (χ3n) is 5.67. The first-order valence-electron chi connectivity index (χ1n) is 11.6. The fourth-order valence-corrected chi connectivity index (χ4v) is 5.51. The molecule has 0 saturated carbocycles. The van der Waals surface area contributed by atoms with Crippen molar-refractivity contribution in [3.8, 4) is 21.8 Å². The van der Waals surface area contributed by atoms with E-state index in [4.69, 9.17) is 4.74 Å². The molecule has 0 aliphatic carbocycles. The number of non-ortho nitro benzene ring substituents is 1. The number of fused-ring (bicyclic) bond motifs is 1. The van der Waals surface area contributed by atoms with Crippen molar-refractivity contribution in [2.75, 3.05) is 5.32 Å². The van der Waals surface area contributed by atoms with Gasteiger partial charge >= 0.3 is 5.97 Å². The molecule has 1 unspecified atom stereocenters. The van der Waals surface area contributed by atoms with E-state index in [2.05, 4.69) is 15.3 Å². The zero-order valence-electron chi connectivity index (χ0n) is 20.0. The predicted octanol–water partition coefficient (Wildman–Crippen LogP) is 6.57. The van der Waals surface area contributed by atoms with Gasteiger partial charge in [-0.2, -0.15) is 0 Å². The van der Waals surface area contributed by atoms with E-state index >= 15 is 0 Å². The molecule has 1 amide bonds. The first-order chi connectivity index (χ1) is 18.4. The minimum atomic E-state index is -1.05. The van der Waals surface area contributed by atoms with Crippen molar-refractivity contribution in [2.45, 2.75) is 19.4 Å². The number of nitro benzene ring substituents is 1. The highest BCUT2D eigenvalue weighted by atomic mass is 32.1. The maximum absolute atomic E-state index is 13.2. The Labute approximate surface area is 224 Å². The average molecular weight is 545 g/mol. The number of anilines is 1. The second-order valence-electron chi connectivity index (χ2n) is 8.17. The lowest BCUT2D eigenvalue weighted by Gasteiger charge is -2.16. The van der Waals surface area contributed by atoms with Gasteiger partial charge in [-0.05, 0) is 24.6 Å². The van der Waals surface area contributed by atoms with E-state index in [9.17, 15) is 19.7 Å². The zero-order valence-corrected chi connectivity index (χ0v) is 21.6. The Kier molecular flexibility index (Phi) is 7.20. The number of ether oxygens (including phenoxy) is 1. The molecule has 0 bridgehead atoms. The molecule has 38 heavy (non-hydrogen) atoms. The number of nitrogens with one attached hydrogen (secondary N) is 1. The van der Waals surface area contributed by atoms with Gasteiger partial charge in [0.1, 0.15) is 5.01 Å². The summed E-state index contributed by atoms with van der Waals surface area (Å²) in [5, 5.41) is 16.4. The molecule has 1 N–H and O–H groups in total. The number of carbonyl (C=O) groups excluding carboxylic acids is 2. The van der Waals surface area contributed by atoms with Crippen LogP contribution in [-0.4, -0.2) is 32.9 Å². The number of thiazole rings is 2. The minimum absolute atomic E-state index is 0.0508. The van der Waals surface area contributed by atoms with E-state index in [-0.39, 0.29) is 12.1 Å². The van der Waals surface area contributed by atoms with Gasteiger partial charge in [0.05, 0.1) is 26.4 Å². The molecular formula is C27H20N4O5S2. The number of hydrogen-bond donors (Lipinski definition) is 1. The number of benzene rings is 3. The summed E-state index contributed by atoms with van der Waals surface area (Å²) in [6, 6.07) is 20.8. The summed E-state index contributed by atoms with van der Waals surface area (Å²) in [5.74, 6) is -1.14. The maximum Gasteiger partial charge on any atom is 0.339 e. The Hall–Kier alpha value is -4.48. The SMILES string of the molecule is CCC(OC(=O)c1ccccc1-c1nc2ccccc2s1)C(=O)Nc1nc(-c2cccc([N+](=O)[O-])c2)cs1. The molecule has 0 spiro atoms. The van der Waals surface area contributed by atoms with Crippen LogP contribution >= 0.6 is 22.7 Å². The summed E-state index contributed by atoms with van der Waals surface area (Å²) in [6.45, 7) is 1.74. The molecule has 5 rings (SSSR count). The smallest absolute Gasteiger partial charge is 0.339 e. The molecule has 3 aromatic carbocycles. The summed E-state index contributed by atoms with van der Waals surface area (Å²) in [7, 11) is 0. The molecule has 0 fully saturated rings. The van der Waals surface area contributed by atoms with E-state index in [1.54, 1.807) is 42.6 Å². The lowest BCUT2D eigenvalue weighted by molar-refractivity contribution is -0.384. The summed E-state index contributed by atoms with van der Waals surface area (Å²) in [6.07, 6.45) is -0.791. The van der Waals surface area contributed by atoms with E-state index in [1.807, 2.05) is 30.3 Å². The highest BCUT2D eigenvalue weighted by Crippen LogP contribution is 2.33. The zero-order chi connectivity index (χ0) is 26.6. The van der Waals surface area contributed by atoms with Crippen molar-refractivity contribution < 1.29 is 19.2 Å². The first kappa shape index (κ1) is 25.2. The van der Waals surface area contributed by atoms with E-state index in [0.717, 1.165) is 10.2 Å². The van der Waals surface area contributed by atoms with Gasteiger partial charge in [0, 0.05) is 28.6 Å². The van der Waals surface area contributed by atoms with Crippen LogP contribution < -0.4 is 5.32 Å². The molecule has 11 heteroatoms. The standard InChI is InChI=1S/C27H20N4O5S2/c1-2-22(24(32)30-27-29-21(15-37-27)16-8-7-9-17(14-16)31(34)35)36-26(33)19-11-4-3-10-18(19)25-28-20-12-5-6-13-23(20)38-25/h3-15,22H,2H2,1H3,(H,29,30,32). The van der Waals surface area contributed by atoms with E-state index < -0.39 is 22.9 Å². The van der Waals surface area contributed by atoms with E-state index in [1.165, 1.54) is 34.8 Å². The molecule has 2 aromatic heterocycles.